The molecule has 0 bridgehead atoms. The molecule has 2 N–H and O–H groups in total. The fourth-order valence-electron chi connectivity index (χ4n) is 2.99. The lowest BCUT2D eigenvalue weighted by Gasteiger charge is -2.35. The molecule has 0 amide bonds. The van der Waals surface area contributed by atoms with Crippen LogP contribution in [0.1, 0.15) is 37.3 Å². The summed E-state index contributed by atoms with van der Waals surface area (Å²) in [6.45, 7) is 3.91. The van der Waals surface area contributed by atoms with E-state index in [1.807, 2.05) is 4.90 Å². The van der Waals surface area contributed by atoms with Crippen LogP contribution >= 0.6 is 0 Å². The molecular formula is C16H23F3N2. The highest BCUT2D eigenvalue weighted by Crippen LogP contribution is 2.38. The smallest absolute Gasteiger partial charge is 0.371 e. The summed E-state index contributed by atoms with van der Waals surface area (Å²) in [5.41, 5.74) is 5.88. The van der Waals surface area contributed by atoms with Crippen molar-refractivity contribution in [3.8, 4) is 0 Å². The van der Waals surface area contributed by atoms with Gasteiger partial charge in [-0.15, -0.1) is 0 Å². The van der Waals surface area contributed by atoms with Gasteiger partial charge in [-0.1, -0.05) is 19.4 Å². The number of nitrogens with two attached hydrogens (primary N) is 1. The maximum atomic E-state index is 13.3. The quantitative estimate of drug-likeness (QED) is 0.915. The number of nitrogens with zero attached hydrogens (tertiary/aromatic N) is 1. The first-order chi connectivity index (χ1) is 9.95. The van der Waals surface area contributed by atoms with E-state index in [0.29, 0.717) is 43.2 Å². The second-order valence-electron chi connectivity index (χ2n) is 5.73. The van der Waals surface area contributed by atoms with Gasteiger partial charge in [0, 0.05) is 18.8 Å². The minimum Gasteiger partial charge on any atom is -0.371 e. The molecule has 1 aliphatic heterocycles. The van der Waals surface area contributed by atoms with Crippen molar-refractivity contribution in [1.82, 2.24) is 0 Å². The Hall–Kier alpha value is -1.23. The number of alkyl halides is 3. The predicted octanol–water partition coefficient (Wildman–Crippen LogP) is 3.83. The average Bonchev–Trinajstić information content (AvgIpc) is 2.47. The Morgan fingerprint density at radius 2 is 1.90 bits per heavy atom. The molecule has 1 heterocycles. The molecule has 0 saturated carbocycles. The van der Waals surface area contributed by atoms with Crippen molar-refractivity contribution in [2.45, 2.75) is 38.8 Å². The summed E-state index contributed by atoms with van der Waals surface area (Å²) in [5, 5.41) is 0. The Kier molecular flexibility index (Phi) is 5.14. The highest BCUT2D eigenvalue weighted by Gasteiger charge is 2.35. The van der Waals surface area contributed by atoms with E-state index in [0.717, 1.165) is 19.3 Å². The van der Waals surface area contributed by atoms with Gasteiger partial charge in [0.1, 0.15) is 0 Å². The van der Waals surface area contributed by atoms with Gasteiger partial charge in [-0.05, 0) is 49.4 Å². The molecule has 1 aliphatic rings. The molecule has 1 fully saturated rings. The molecule has 1 aromatic carbocycles. The molecule has 1 saturated heterocycles. The molecule has 2 rings (SSSR count). The molecule has 0 atom stereocenters. The van der Waals surface area contributed by atoms with Crippen LogP contribution in [0.4, 0.5) is 18.9 Å². The fourth-order valence-corrected chi connectivity index (χ4v) is 2.99. The van der Waals surface area contributed by atoms with E-state index < -0.39 is 11.7 Å². The van der Waals surface area contributed by atoms with Crippen LogP contribution in [-0.2, 0) is 12.6 Å². The Morgan fingerprint density at radius 3 is 2.43 bits per heavy atom. The second-order valence-corrected chi connectivity index (χ2v) is 5.73. The Labute approximate surface area is 124 Å². The molecule has 1 aromatic rings. The van der Waals surface area contributed by atoms with Crippen LogP contribution < -0.4 is 10.6 Å². The van der Waals surface area contributed by atoms with Crippen LogP contribution in [-0.4, -0.2) is 19.6 Å². The summed E-state index contributed by atoms with van der Waals surface area (Å²) in [6, 6.07) is 4.64. The van der Waals surface area contributed by atoms with Crippen LogP contribution in [0, 0.1) is 5.92 Å². The summed E-state index contributed by atoms with van der Waals surface area (Å²) in [7, 11) is 0. The second kappa shape index (κ2) is 6.69. The first kappa shape index (κ1) is 16.1. The predicted molar refractivity (Wildman–Crippen MR) is 79.4 cm³/mol. The Morgan fingerprint density at radius 1 is 1.24 bits per heavy atom. The highest BCUT2D eigenvalue weighted by molar-refractivity contribution is 5.56. The molecule has 0 aliphatic carbocycles. The summed E-state index contributed by atoms with van der Waals surface area (Å²) in [4.78, 5) is 1.88. The van der Waals surface area contributed by atoms with Crippen LogP contribution in [0.5, 0.6) is 0 Å². The van der Waals surface area contributed by atoms with Gasteiger partial charge in [0.15, 0.2) is 0 Å². The Bertz CT molecular complexity index is 463. The van der Waals surface area contributed by atoms with Crippen molar-refractivity contribution in [1.29, 1.82) is 0 Å². The normalized spacial score (nSPS) is 17.3. The van der Waals surface area contributed by atoms with E-state index in [-0.39, 0.29) is 0 Å². The number of halogens is 3. The van der Waals surface area contributed by atoms with Crippen molar-refractivity contribution in [3.05, 3.63) is 29.3 Å². The summed E-state index contributed by atoms with van der Waals surface area (Å²) >= 11 is 0. The van der Waals surface area contributed by atoms with Gasteiger partial charge in [-0.25, -0.2) is 0 Å². The largest absolute Gasteiger partial charge is 0.418 e. The van der Waals surface area contributed by atoms with Crippen molar-refractivity contribution in [3.63, 3.8) is 0 Å². The number of piperidine rings is 1. The van der Waals surface area contributed by atoms with E-state index in [4.69, 9.17) is 5.73 Å². The van der Waals surface area contributed by atoms with Crippen LogP contribution in [0.2, 0.25) is 0 Å². The lowest BCUT2D eigenvalue weighted by Crippen LogP contribution is -2.34. The van der Waals surface area contributed by atoms with Crippen molar-refractivity contribution in [2.75, 3.05) is 24.5 Å². The minimum atomic E-state index is -4.32. The van der Waals surface area contributed by atoms with Crippen LogP contribution in [0.15, 0.2) is 18.2 Å². The SMILES string of the molecule is CCC1CCN(c2ccc(CCN)cc2C(F)(F)F)CC1. The van der Waals surface area contributed by atoms with Gasteiger partial charge in [-0.3, -0.25) is 0 Å². The zero-order chi connectivity index (χ0) is 15.5. The highest BCUT2D eigenvalue weighted by atomic mass is 19.4. The molecular weight excluding hydrogens is 277 g/mol. The summed E-state index contributed by atoms with van der Waals surface area (Å²) in [6.07, 6.45) is -0.797. The lowest BCUT2D eigenvalue weighted by molar-refractivity contribution is -0.137. The van der Waals surface area contributed by atoms with Gasteiger partial charge in [-0.2, -0.15) is 13.2 Å². The zero-order valence-electron chi connectivity index (χ0n) is 12.4. The fraction of sp³-hybridized carbons (Fsp3) is 0.625. The lowest BCUT2D eigenvalue weighted by atomic mass is 9.93. The number of benzene rings is 1. The third-order valence-electron chi connectivity index (χ3n) is 4.33. The van der Waals surface area contributed by atoms with Gasteiger partial charge < -0.3 is 10.6 Å². The maximum absolute atomic E-state index is 13.3. The minimum absolute atomic E-state index is 0.317. The standard InChI is InChI=1S/C16H23F3N2/c1-2-12-6-9-21(10-7-12)15-4-3-13(5-8-20)11-14(15)16(17,18)19/h3-4,11-12H,2,5-10,20H2,1H3. The molecule has 21 heavy (non-hydrogen) atoms. The van der Waals surface area contributed by atoms with E-state index in [2.05, 4.69) is 6.92 Å². The van der Waals surface area contributed by atoms with Gasteiger partial charge in [0.05, 0.1) is 5.56 Å². The van der Waals surface area contributed by atoms with Gasteiger partial charge >= 0.3 is 6.18 Å². The van der Waals surface area contributed by atoms with Crippen molar-refractivity contribution >= 4 is 5.69 Å². The van der Waals surface area contributed by atoms with Crippen molar-refractivity contribution < 1.29 is 13.2 Å². The number of hydrogen-bond donors (Lipinski definition) is 1. The van der Waals surface area contributed by atoms with E-state index in [9.17, 15) is 13.2 Å². The number of hydrogen-bond acceptors (Lipinski definition) is 2. The van der Waals surface area contributed by atoms with Gasteiger partial charge in [0.25, 0.3) is 0 Å². The molecule has 0 unspecified atom stereocenters. The monoisotopic (exact) mass is 300 g/mol. The topological polar surface area (TPSA) is 29.3 Å². The third kappa shape index (κ3) is 3.90. The first-order valence-corrected chi connectivity index (χ1v) is 7.60. The van der Waals surface area contributed by atoms with Gasteiger partial charge in [0.2, 0.25) is 0 Å². The number of rotatable bonds is 4. The van der Waals surface area contributed by atoms with E-state index in [1.54, 1.807) is 12.1 Å². The molecule has 0 radical (unpaired) electrons. The first-order valence-electron chi connectivity index (χ1n) is 7.60. The average molecular weight is 300 g/mol. The molecule has 0 aromatic heterocycles. The van der Waals surface area contributed by atoms with Crippen LogP contribution in [0.25, 0.3) is 0 Å². The Balaban J connectivity index is 2.26. The summed E-state index contributed by atoms with van der Waals surface area (Å²) < 4.78 is 39.9. The molecule has 5 heteroatoms. The maximum Gasteiger partial charge on any atom is 0.418 e. The molecule has 2 nitrogen and oxygen atoms in total. The summed E-state index contributed by atoms with van der Waals surface area (Å²) in [5.74, 6) is 0.645. The zero-order valence-corrected chi connectivity index (χ0v) is 12.4. The van der Waals surface area contributed by atoms with E-state index >= 15 is 0 Å². The molecule has 118 valence electrons. The van der Waals surface area contributed by atoms with Crippen LogP contribution in [0.3, 0.4) is 0 Å². The molecule has 0 spiro atoms. The van der Waals surface area contributed by atoms with Crippen molar-refractivity contribution in [2.24, 2.45) is 11.7 Å². The van der Waals surface area contributed by atoms with E-state index in [1.165, 1.54) is 6.07 Å². The third-order valence-corrected chi connectivity index (χ3v) is 4.33. The number of anilines is 1.